The van der Waals surface area contributed by atoms with E-state index in [1.807, 2.05) is 12.3 Å². The van der Waals surface area contributed by atoms with Gasteiger partial charge in [-0.25, -0.2) is 15.0 Å². The second kappa shape index (κ2) is 7.40. The van der Waals surface area contributed by atoms with Crippen LogP contribution in [0.3, 0.4) is 0 Å². The largest absolute Gasteiger partial charge is 0.451 e. The molecule has 144 valence electrons. The van der Waals surface area contributed by atoms with E-state index in [0.29, 0.717) is 31.7 Å². The molecule has 0 aliphatic carbocycles. The standard InChI is InChI=1S/C18H20F3N5O/c19-18(20,21)17-23-10-14-12-25(4-3-15(14)24-17)11-13-1-2-16(22-9-13)26-5-7-27-8-6-26/h1-2,9-10H,3-8,11-12H2. The summed E-state index contributed by atoms with van der Waals surface area (Å²) in [6, 6.07) is 4.06. The third kappa shape index (κ3) is 4.19. The van der Waals surface area contributed by atoms with Crippen LogP contribution >= 0.6 is 0 Å². The summed E-state index contributed by atoms with van der Waals surface area (Å²) >= 11 is 0. The topological polar surface area (TPSA) is 54.4 Å². The van der Waals surface area contributed by atoms with Crippen molar-refractivity contribution >= 4 is 5.82 Å². The normalized spacial score (nSPS) is 18.4. The van der Waals surface area contributed by atoms with E-state index < -0.39 is 12.0 Å². The van der Waals surface area contributed by atoms with Gasteiger partial charge in [-0.15, -0.1) is 0 Å². The molecule has 4 rings (SSSR count). The Hall–Kier alpha value is -2.26. The van der Waals surface area contributed by atoms with Gasteiger partial charge in [-0.1, -0.05) is 6.07 Å². The van der Waals surface area contributed by atoms with Crippen LogP contribution in [-0.4, -0.2) is 52.7 Å². The minimum atomic E-state index is -4.50. The van der Waals surface area contributed by atoms with Crippen molar-refractivity contribution in [3.05, 3.63) is 47.2 Å². The molecule has 0 spiro atoms. The number of fused-ring (bicyclic) bond motifs is 1. The average molecular weight is 379 g/mol. The first-order valence-electron chi connectivity index (χ1n) is 8.91. The Balaban J connectivity index is 1.39. The van der Waals surface area contributed by atoms with E-state index in [0.717, 1.165) is 43.2 Å². The summed E-state index contributed by atoms with van der Waals surface area (Å²) in [5.74, 6) is -0.114. The summed E-state index contributed by atoms with van der Waals surface area (Å²) in [7, 11) is 0. The molecule has 0 N–H and O–H groups in total. The molecular formula is C18H20F3N5O. The lowest BCUT2D eigenvalue weighted by Gasteiger charge is -2.29. The van der Waals surface area contributed by atoms with Crippen LogP contribution in [0.1, 0.15) is 22.6 Å². The molecule has 2 aliphatic rings. The van der Waals surface area contributed by atoms with Gasteiger partial charge in [0.15, 0.2) is 0 Å². The van der Waals surface area contributed by atoms with Gasteiger partial charge in [0.05, 0.1) is 18.9 Å². The minimum absolute atomic E-state index is 0.486. The lowest BCUT2D eigenvalue weighted by molar-refractivity contribution is -0.145. The number of hydrogen-bond donors (Lipinski definition) is 0. The van der Waals surface area contributed by atoms with Gasteiger partial charge in [-0.3, -0.25) is 4.90 Å². The molecule has 0 saturated carbocycles. The lowest BCUT2D eigenvalue weighted by Crippen LogP contribution is -2.36. The Labute approximate surface area is 155 Å². The molecular weight excluding hydrogens is 359 g/mol. The monoisotopic (exact) mass is 379 g/mol. The molecule has 1 fully saturated rings. The highest BCUT2D eigenvalue weighted by atomic mass is 19.4. The van der Waals surface area contributed by atoms with Crippen LogP contribution in [0.25, 0.3) is 0 Å². The Morgan fingerprint density at radius 2 is 1.85 bits per heavy atom. The van der Waals surface area contributed by atoms with Gasteiger partial charge in [0.25, 0.3) is 0 Å². The molecule has 0 unspecified atom stereocenters. The van der Waals surface area contributed by atoms with Gasteiger partial charge in [-0.05, 0) is 11.6 Å². The van der Waals surface area contributed by atoms with Crippen LogP contribution in [0.4, 0.5) is 19.0 Å². The Morgan fingerprint density at radius 3 is 2.56 bits per heavy atom. The van der Waals surface area contributed by atoms with Crippen molar-refractivity contribution in [2.45, 2.75) is 25.7 Å². The second-order valence-electron chi connectivity index (χ2n) is 6.75. The maximum Gasteiger partial charge on any atom is 0.451 e. The molecule has 2 aliphatic heterocycles. The number of anilines is 1. The van der Waals surface area contributed by atoms with Gasteiger partial charge in [0.1, 0.15) is 5.82 Å². The summed E-state index contributed by atoms with van der Waals surface area (Å²) in [5.41, 5.74) is 2.32. The average Bonchev–Trinajstić information content (AvgIpc) is 2.68. The van der Waals surface area contributed by atoms with Crippen molar-refractivity contribution in [2.75, 3.05) is 37.7 Å². The van der Waals surface area contributed by atoms with E-state index in [4.69, 9.17) is 4.74 Å². The highest BCUT2D eigenvalue weighted by Gasteiger charge is 2.35. The first-order chi connectivity index (χ1) is 13.0. The van der Waals surface area contributed by atoms with Crippen LogP contribution in [0.5, 0.6) is 0 Å². The fourth-order valence-electron chi connectivity index (χ4n) is 3.39. The predicted molar refractivity (Wildman–Crippen MR) is 92.1 cm³/mol. The number of aromatic nitrogens is 3. The molecule has 27 heavy (non-hydrogen) atoms. The summed E-state index contributed by atoms with van der Waals surface area (Å²) < 4.78 is 43.6. The summed E-state index contributed by atoms with van der Waals surface area (Å²) in [6.07, 6.45) is -0.846. The minimum Gasteiger partial charge on any atom is -0.378 e. The fraction of sp³-hybridized carbons (Fsp3) is 0.500. The van der Waals surface area contributed by atoms with Crippen LogP contribution < -0.4 is 4.90 Å². The predicted octanol–water partition coefficient (Wildman–Crippen LogP) is 2.29. The molecule has 2 aromatic heterocycles. The molecule has 1 saturated heterocycles. The SMILES string of the molecule is FC(F)(F)c1ncc2c(n1)CCN(Cc1ccc(N3CCOCC3)nc1)C2. The molecule has 0 bridgehead atoms. The smallest absolute Gasteiger partial charge is 0.378 e. The number of pyridine rings is 1. The van der Waals surface area contributed by atoms with Crippen LogP contribution in [-0.2, 0) is 30.4 Å². The van der Waals surface area contributed by atoms with E-state index in [1.165, 1.54) is 6.20 Å². The molecule has 6 nitrogen and oxygen atoms in total. The molecule has 0 amide bonds. The van der Waals surface area contributed by atoms with E-state index in [9.17, 15) is 13.2 Å². The van der Waals surface area contributed by atoms with Crippen LogP contribution in [0.2, 0.25) is 0 Å². The Bertz CT molecular complexity index is 791. The molecule has 0 atom stereocenters. The van der Waals surface area contributed by atoms with Gasteiger partial charge < -0.3 is 9.64 Å². The van der Waals surface area contributed by atoms with Crippen molar-refractivity contribution < 1.29 is 17.9 Å². The Kier molecular flexibility index (Phi) is 4.96. The first-order valence-corrected chi connectivity index (χ1v) is 8.91. The highest BCUT2D eigenvalue weighted by Crippen LogP contribution is 2.28. The zero-order valence-corrected chi connectivity index (χ0v) is 14.7. The number of ether oxygens (including phenoxy) is 1. The second-order valence-corrected chi connectivity index (χ2v) is 6.75. The van der Waals surface area contributed by atoms with E-state index >= 15 is 0 Å². The number of hydrogen-bond acceptors (Lipinski definition) is 6. The summed E-state index contributed by atoms with van der Waals surface area (Å²) in [6.45, 7) is 5.01. The maximum absolute atomic E-state index is 12.7. The van der Waals surface area contributed by atoms with Crippen LogP contribution in [0, 0.1) is 0 Å². The van der Waals surface area contributed by atoms with Crippen molar-refractivity contribution in [3.8, 4) is 0 Å². The Morgan fingerprint density at radius 1 is 1.04 bits per heavy atom. The van der Waals surface area contributed by atoms with Crippen molar-refractivity contribution in [3.63, 3.8) is 0 Å². The molecule has 2 aromatic rings. The van der Waals surface area contributed by atoms with Crippen molar-refractivity contribution in [2.24, 2.45) is 0 Å². The van der Waals surface area contributed by atoms with Crippen molar-refractivity contribution in [1.82, 2.24) is 19.9 Å². The van der Waals surface area contributed by atoms with Gasteiger partial charge in [0, 0.05) is 57.1 Å². The number of morpholine rings is 1. The van der Waals surface area contributed by atoms with Gasteiger partial charge >= 0.3 is 6.18 Å². The van der Waals surface area contributed by atoms with E-state index in [1.54, 1.807) is 0 Å². The number of rotatable bonds is 3. The zero-order valence-electron chi connectivity index (χ0n) is 14.7. The third-order valence-electron chi connectivity index (χ3n) is 4.82. The van der Waals surface area contributed by atoms with Gasteiger partial charge in [0.2, 0.25) is 5.82 Å². The quantitative estimate of drug-likeness (QED) is 0.816. The van der Waals surface area contributed by atoms with Crippen LogP contribution in [0.15, 0.2) is 24.5 Å². The summed E-state index contributed by atoms with van der Waals surface area (Å²) in [5, 5.41) is 0. The molecule has 0 aromatic carbocycles. The third-order valence-corrected chi connectivity index (χ3v) is 4.82. The lowest BCUT2D eigenvalue weighted by atomic mass is 10.1. The molecule has 9 heteroatoms. The van der Waals surface area contributed by atoms with Gasteiger partial charge in [-0.2, -0.15) is 13.2 Å². The fourth-order valence-corrected chi connectivity index (χ4v) is 3.39. The molecule has 0 radical (unpaired) electrons. The number of alkyl halides is 3. The van der Waals surface area contributed by atoms with Crippen molar-refractivity contribution in [1.29, 1.82) is 0 Å². The highest BCUT2D eigenvalue weighted by molar-refractivity contribution is 5.39. The first kappa shape index (κ1) is 18.1. The van der Waals surface area contributed by atoms with E-state index in [2.05, 4.69) is 30.8 Å². The van der Waals surface area contributed by atoms with E-state index in [-0.39, 0.29) is 0 Å². The molecule has 4 heterocycles. The maximum atomic E-state index is 12.7. The number of nitrogens with zero attached hydrogens (tertiary/aromatic N) is 5. The number of halogens is 3. The summed E-state index contributed by atoms with van der Waals surface area (Å²) in [4.78, 5) is 16.1. The zero-order chi connectivity index (χ0) is 18.9.